The normalized spacial score (nSPS) is 18.4. The first-order chi connectivity index (χ1) is 6.81. The molecule has 0 aromatic heterocycles. The van der Waals surface area contributed by atoms with Gasteiger partial charge in [0, 0.05) is 10.8 Å². The second kappa shape index (κ2) is 10.5. The summed E-state index contributed by atoms with van der Waals surface area (Å²) in [6.45, 7) is 2.16. The third-order valence-electron chi connectivity index (χ3n) is 1.72. The lowest BCUT2D eigenvalue weighted by molar-refractivity contribution is 0.587. The molecule has 0 rings (SSSR count). The lowest BCUT2D eigenvalue weighted by Crippen LogP contribution is -1.80. The molecule has 1 heteroatoms. The van der Waals surface area contributed by atoms with Gasteiger partial charge in [0.25, 0.3) is 0 Å². The summed E-state index contributed by atoms with van der Waals surface area (Å²) in [7, 11) is 0. The van der Waals surface area contributed by atoms with Crippen LogP contribution >= 0.6 is 15.9 Å². The highest BCUT2D eigenvalue weighted by Crippen LogP contribution is 2.08. The fourth-order valence-corrected chi connectivity index (χ4v) is 1.24. The molecule has 0 fully saturated rings. The smallest absolute Gasteiger partial charge is 0.0387 e. The van der Waals surface area contributed by atoms with Gasteiger partial charge < -0.3 is 0 Å². The zero-order valence-electron chi connectivity index (χ0n) is 11.3. The van der Waals surface area contributed by atoms with Crippen molar-refractivity contribution in [2.24, 2.45) is 0 Å². The van der Waals surface area contributed by atoms with Crippen molar-refractivity contribution in [2.75, 3.05) is 5.28 Å². The third kappa shape index (κ3) is 10.5. The summed E-state index contributed by atoms with van der Waals surface area (Å²) in [5.41, 5.74) is 0. The maximum Gasteiger partial charge on any atom is 0.0387 e. The van der Waals surface area contributed by atoms with Crippen LogP contribution in [-0.4, -0.2) is 5.28 Å². The first-order valence-corrected chi connectivity index (χ1v) is 5.29. The largest absolute Gasteiger partial charge is 0.0928 e. The molecule has 0 aromatic rings. The van der Waals surface area contributed by atoms with Crippen LogP contribution in [0.1, 0.15) is 63.7 Å². The molecule has 0 unspecified atom stereocenters. The fraction of sp³-hybridized carbons (Fsp3) is 1.00. The van der Waals surface area contributed by atoms with E-state index in [1.807, 2.05) is 0 Å². The Kier molecular flexibility index (Phi) is 5.73. The summed E-state index contributed by atoms with van der Waals surface area (Å²) in [6, 6.07) is 0. The van der Waals surface area contributed by atoms with E-state index < -0.39 is 11.7 Å². The maximum atomic E-state index is 7.54. The Hall–Kier alpha value is 0.480. The molecule has 11 heavy (non-hydrogen) atoms. The molecule has 0 aliphatic heterocycles. The van der Waals surface area contributed by atoms with Gasteiger partial charge in [-0.05, 0) is 6.37 Å². The van der Waals surface area contributed by atoms with E-state index in [9.17, 15) is 0 Å². The van der Waals surface area contributed by atoms with E-state index in [4.69, 9.17) is 5.48 Å². The van der Waals surface area contributed by atoms with Crippen LogP contribution in [0.4, 0.5) is 0 Å². The van der Waals surface area contributed by atoms with Crippen molar-refractivity contribution in [3.63, 3.8) is 0 Å². The molecule has 0 aliphatic rings. The molecule has 0 aromatic carbocycles. The summed E-state index contributed by atoms with van der Waals surface area (Å²) in [5, 5.41) is -1.91. The summed E-state index contributed by atoms with van der Waals surface area (Å²) < 4.78 is 29.7. The van der Waals surface area contributed by atoms with Crippen LogP contribution in [0.5, 0.6) is 0 Å². The van der Waals surface area contributed by atoms with E-state index in [1.165, 1.54) is 19.3 Å². The maximum absolute atomic E-state index is 7.54. The molecule has 0 N–H and O–H groups in total. The fourth-order valence-electron chi connectivity index (χ4n) is 1.04. The van der Waals surface area contributed by atoms with Crippen molar-refractivity contribution in [1.29, 1.82) is 0 Å². The average Bonchev–Trinajstić information content (AvgIpc) is 2.09. The van der Waals surface area contributed by atoms with E-state index in [1.54, 1.807) is 0 Å². The SMILES string of the molecule is [2H]C([2H])(Br)C([2H])([2H])CCCCCCCC. The van der Waals surface area contributed by atoms with Gasteiger partial charge in [0.05, 0.1) is 0 Å². The number of hydrogen-bond acceptors (Lipinski definition) is 0. The Morgan fingerprint density at radius 3 is 2.09 bits per heavy atom. The molecule has 0 amide bonds. The van der Waals surface area contributed by atoms with E-state index in [0.29, 0.717) is 0 Å². The van der Waals surface area contributed by atoms with Crippen molar-refractivity contribution in [3.8, 4) is 0 Å². The average molecular weight is 225 g/mol. The standard InChI is InChI=1S/C10H21Br/c1-2-3-4-5-6-7-8-9-10-11/h2-10H2,1H3/i9D2,10D2. The minimum Gasteiger partial charge on any atom is -0.0928 e. The van der Waals surface area contributed by atoms with Gasteiger partial charge in [0.2, 0.25) is 0 Å². The monoisotopic (exact) mass is 224 g/mol. The van der Waals surface area contributed by atoms with Gasteiger partial charge in [-0.3, -0.25) is 0 Å². The van der Waals surface area contributed by atoms with Crippen LogP contribution in [0.15, 0.2) is 0 Å². The molecule has 0 atom stereocenters. The zero-order chi connectivity index (χ0) is 11.9. The van der Waals surface area contributed by atoms with Gasteiger partial charge in [-0.1, -0.05) is 67.8 Å². The van der Waals surface area contributed by atoms with Gasteiger partial charge in [0.1, 0.15) is 0 Å². The number of unbranched alkanes of at least 4 members (excludes halogenated alkanes) is 5. The molecule has 0 bridgehead atoms. The highest BCUT2D eigenvalue weighted by atomic mass is 79.9. The summed E-state index contributed by atoms with van der Waals surface area (Å²) in [6.07, 6.45) is 5.09. The molecular weight excluding hydrogens is 200 g/mol. The zero-order valence-corrected chi connectivity index (χ0v) is 8.91. The molecule has 0 saturated heterocycles. The minimum absolute atomic E-state index is 0.289. The van der Waals surface area contributed by atoms with Crippen molar-refractivity contribution in [1.82, 2.24) is 0 Å². The highest BCUT2D eigenvalue weighted by molar-refractivity contribution is 9.09. The first kappa shape index (κ1) is 6.01. The summed E-state index contributed by atoms with van der Waals surface area (Å²) in [4.78, 5) is 0. The number of rotatable bonds is 8. The van der Waals surface area contributed by atoms with Gasteiger partial charge in [0.15, 0.2) is 0 Å². The molecule has 0 heterocycles. The van der Waals surface area contributed by atoms with Gasteiger partial charge in [-0.15, -0.1) is 0 Å². The Morgan fingerprint density at radius 1 is 1.00 bits per heavy atom. The molecule has 0 aliphatic carbocycles. The minimum atomic E-state index is -1.91. The van der Waals surface area contributed by atoms with Crippen LogP contribution in [0.2, 0.25) is 0 Å². The Morgan fingerprint density at radius 2 is 1.55 bits per heavy atom. The molecule has 0 radical (unpaired) electrons. The van der Waals surface area contributed by atoms with Crippen molar-refractivity contribution in [2.45, 2.75) is 58.2 Å². The summed E-state index contributed by atoms with van der Waals surface area (Å²) >= 11 is 2.75. The topological polar surface area (TPSA) is 0 Å². The van der Waals surface area contributed by atoms with Crippen molar-refractivity contribution < 1.29 is 5.48 Å². The van der Waals surface area contributed by atoms with E-state index in [0.717, 1.165) is 19.3 Å². The number of halogens is 1. The predicted molar refractivity (Wildman–Crippen MR) is 56.4 cm³/mol. The van der Waals surface area contributed by atoms with Gasteiger partial charge in [-0.2, -0.15) is 0 Å². The quantitative estimate of drug-likeness (QED) is 0.420. The van der Waals surface area contributed by atoms with Crippen molar-refractivity contribution >= 4 is 15.9 Å². The lowest BCUT2D eigenvalue weighted by atomic mass is 10.1. The molecule has 68 valence electrons. The predicted octanol–water partition coefficient (Wildman–Crippen LogP) is 4.52. The second-order valence-corrected chi connectivity index (χ2v) is 3.19. The number of hydrogen-bond donors (Lipinski definition) is 0. The van der Waals surface area contributed by atoms with Crippen LogP contribution < -0.4 is 0 Å². The van der Waals surface area contributed by atoms with Crippen LogP contribution in [0, 0.1) is 0 Å². The van der Waals surface area contributed by atoms with E-state index in [-0.39, 0.29) is 6.42 Å². The summed E-state index contributed by atoms with van der Waals surface area (Å²) in [5.74, 6) is 0. The van der Waals surface area contributed by atoms with E-state index >= 15 is 0 Å². The first-order valence-electron chi connectivity index (χ1n) is 6.50. The van der Waals surface area contributed by atoms with E-state index in [2.05, 4.69) is 22.9 Å². The highest BCUT2D eigenvalue weighted by Gasteiger charge is 1.89. The van der Waals surface area contributed by atoms with Crippen LogP contribution in [0.25, 0.3) is 0 Å². The second-order valence-electron chi connectivity index (χ2n) is 2.79. The molecule has 0 saturated carbocycles. The Labute approximate surface area is 85.5 Å². The van der Waals surface area contributed by atoms with Crippen LogP contribution in [0.3, 0.4) is 0 Å². The van der Waals surface area contributed by atoms with Gasteiger partial charge in [-0.25, -0.2) is 0 Å². The number of alkyl halides is 1. The van der Waals surface area contributed by atoms with Gasteiger partial charge >= 0.3 is 0 Å². The van der Waals surface area contributed by atoms with Crippen molar-refractivity contribution in [3.05, 3.63) is 0 Å². The molecule has 0 nitrogen and oxygen atoms in total. The Balaban J connectivity index is 3.58. The molecular formula is C10H21Br. The Bertz CT molecular complexity index is 165. The lowest BCUT2D eigenvalue weighted by Gasteiger charge is -1.98. The molecule has 0 spiro atoms. The van der Waals surface area contributed by atoms with Crippen LogP contribution in [-0.2, 0) is 0 Å². The third-order valence-corrected chi connectivity index (χ3v) is 2.00.